The van der Waals surface area contributed by atoms with E-state index in [0.717, 1.165) is 5.69 Å². The van der Waals surface area contributed by atoms with Gasteiger partial charge < -0.3 is 19.3 Å². The van der Waals surface area contributed by atoms with Crippen molar-refractivity contribution in [2.45, 2.75) is 32.8 Å². The highest BCUT2D eigenvalue weighted by Crippen LogP contribution is 2.27. The molecule has 1 aromatic rings. The Morgan fingerprint density at radius 2 is 1.89 bits per heavy atom. The molecule has 0 saturated carbocycles. The predicted octanol–water partition coefficient (Wildman–Crippen LogP) is 3.40. The van der Waals surface area contributed by atoms with E-state index >= 15 is 0 Å². The molecule has 1 aliphatic heterocycles. The minimum Gasteiger partial charge on any atom is -0.469 e. The average Bonchev–Trinajstić information content (AvgIpc) is 2.62. The molecule has 1 amide bonds. The molecule has 27 heavy (non-hydrogen) atoms. The van der Waals surface area contributed by atoms with Crippen LogP contribution in [-0.2, 0) is 20.7 Å². The van der Waals surface area contributed by atoms with Crippen molar-refractivity contribution >= 4 is 23.4 Å². The molecule has 1 aromatic carbocycles. The van der Waals surface area contributed by atoms with Gasteiger partial charge in [0.05, 0.1) is 13.5 Å². The van der Waals surface area contributed by atoms with E-state index in [1.54, 1.807) is 11.0 Å². The molecule has 1 heterocycles. The van der Waals surface area contributed by atoms with Crippen molar-refractivity contribution in [2.24, 2.45) is 5.11 Å². The van der Waals surface area contributed by atoms with Gasteiger partial charge in [-0.25, -0.2) is 4.79 Å². The Labute approximate surface area is 158 Å². The third-order valence-corrected chi connectivity index (χ3v) is 4.07. The molecule has 1 saturated heterocycles. The minimum absolute atomic E-state index is 0.0244. The quantitative estimate of drug-likeness (QED) is 0.347. The Kier molecular flexibility index (Phi) is 6.52. The number of azide groups is 1. The molecular formula is C18H25N5O4. The molecule has 9 heteroatoms. The number of carbonyl (C=O) groups is 2. The maximum Gasteiger partial charge on any atom is 0.410 e. The van der Waals surface area contributed by atoms with Gasteiger partial charge in [0.1, 0.15) is 5.60 Å². The predicted molar refractivity (Wildman–Crippen MR) is 101 cm³/mol. The topological polar surface area (TPSA) is 108 Å². The second-order valence-electron chi connectivity index (χ2n) is 7.21. The van der Waals surface area contributed by atoms with Gasteiger partial charge in [0.15, 0.2) is 0 Å². The second kappa shape index (κ2) is 8.64. The van der Waals surface area contributed by atoms with E-state index in [9.17, 15) is 9.59 Å². The van der Waals surface area contributed by atoms with Crippen LogP contribution in [-0.4, -0.2) is 55.9 Å². The van der Waals surface area contributed by atoms with Crippen molar-refractivity contribution in [3.05, 3.63) is 34.2 Å². The SMILES string of the molecule is COC(=O)Cc1cc(N2CCN(C(=O)OC(C)(C)C)CC2)ccc1N=[N+]=[N-]. The van der Waals surface area contributed by atoms with Crippen molar-refractivity contribution < 1.29 is 19.1 Å². The molecule has 0 atom stereocenters. The highest BCUT2D eigenvalue weighted by Gasteiger charge is 2.26. The Balaban J connectivity index is 2.09. The summed E-state index contributed by atoms with van der Waals surface area (Å²) < 4.78 is 10.1. The maximum absolute atomic E-state index is 12.2. The molecular weight excluding hydrogens is 350 g/mol. The van der Waals surface area contributed by atoms with Crippen molar-refractivity contribution in [3.8, 4) is 0 Å². The average molecular weight is 375 g/mol. The third-order valence-electron chi connectivity index (χ3n) is 4.07. The zero-order chi connectivity index (χ0) is 20.0. The van der Waals surface area contributed by atoms with Gasteiger partial charge in [0, 0.05) is 42.5 Å². The monoisotopic (exact) mass is 375 g/mol. The van der Waals surface area contributed by atoms with Crippen molar-refractivity contribution in [2.75, 3.05) is 38.2 Å². The number of rotatable bonds is 4. The summed E-state index contributed by atoms with van der Waals surface area (Å²) in [5, 5.41) is 3.63. The van der Waals surface area contributed by atoms with Crippen LogP contribution in [0.1, 0.15) is 26.3 Å². The van der Waals surface area contributed by atoms with E-state index in [0.29, 0.717) is 37.4 Å². The summed E-state index contributed by atoms with van der Waals surface area (Å²) in [5.41, 5.74) is 10.1. The molecule has 0 bridgehead atoms. The van der Waals surface area contributed by atoms with Crippen LogP contribution in [0.5, 0.6) is 0 Å². The van der Waals surface area contributed by atoms with Gasteiger partial charge in [-0.1, -0.05) is 11.2 Å². The molecule has 146 valence electrons. The van der Waals surface area contributed by atoms with E-state index in [1.165, 1.54) is 7.11 Å². The number of nitrogens with zero attached hydrogens (tertiary/aromatic N) is 5. The van der Waals surface area contributed by atoms with Gasteiger partial charge in [0.25, 0.3) is 0 Å². The number of anilines is 1. The largest absolute Gasteiger partial charge is 0.469 e. The van der Waals surface area contributed by atoms with Gasteiger partial charge in [0.2, 0.25) is 0 Å². The normalized spacial score (nSPS) is 14.4. The summed E-state index contributed by atoms with van der Waals surface area (Å²) >= 11 is 0. The van der Waals surface area contributed by atoms with Crippen LogP contribution in [0.25, 0.3) is 10.4 Å². The molecule has 0 spiro atoms. The van der Waals surface area contributed by atoms with Crippen LogP contribution in [0.2, 0.25) is 0 Å². The Morgan fingerprint density at radius 3 is 2.44 bits per heavy atom. The number of piperazine rings is 1. The number of amides is 1. The van der Waals surface area contributed by atoms with E-state index < -0.39 is 11.6 Å². The zero-order valence-corrected chi connectivity index (χ0v) is 16.1. The molecule has 0 aliphatic carbocycles. The molecule has 0 unspecified atom stereocenters. The fourth-order valence-corrected chi connectivity index (χ4v) is 2.76. The fraction of sp³-hybridized carbons (Fsp3) is 0.556. The molecule has 1 fully saturated rings. The first kappa shape index (κ1) is 20.4. The lowest BCUT2D eigenvalue weighted by Crippen LogP contribution is -2.50. The van der Waals surface area contributed by atoms with E-state index in [2.05, 4.69) is 14.9 Å². The number of hydrogen-bond acceptors (Lipinski definition) is 6. The standard InChI is InChI=1S/C18H25N5O4/c1-18(2,3)27-17(25)23-9-7-22(8-10-23)14-5-6-15(20-21-19)13(11-14)12-16(24)26-4/h5-6,11H,7-10,12H2,1-4H3. The summed E-state index contributed by atoms with van der Waals surface area (Å²) in [6, 6.07) is 5.35. The molecule has 2 rings (SSSR count). The smallest absolute Gasteiger partial charge is 0.410 e. The van der Waals surface area contributed by atoms with Gasteiger partial charge in [-0.15, -0.1) is 0 Å². The molecule has 1 aliphatic rings. The van der Waals surface area contributed by atoms with E-state index in [-0.39, 0.29) is 12.5 Å². The van der Waals surface area contributed by atoms with Crippen LogP contribution in [0.15, 0.2) is 23.3 Å². The molecule has 0 radical (unpaired) electrons. The molecule has 0 aromatic heterocycles. The Hall–Kier alpha value is -2.93. The highest BCUT2D eigenvalue weighted by molar-refractivity contribution is 5.76. The number of ether oxygens (including phenoxy) is 2. The van der Waals surface area contributed by atoms with Crippen LogP contribution < -0.4 is 4.90 Å². The Morgan fingerprint density at radius 1 is 1.22 bits per heavy atom. The Bertz CT molecular complexity index is 745. The van der Waals surface area contributed by atoms with E-state index in [4.69, 9.17) is 15.0 Å². The summed E-state index contributed by atoms with van der Waals surface area (Å²) in [4.78, 5) is 30.4. The lowest BCUT2D eigenvalue weighted by molar-refractivity contribution is -0.139. The first-order valence-electron chi connectivity index (χ1n) is 8.71. The summed E-state index contributed by atoms with van der Waals surface area (Å²) in [6.45, 7) is 7.88. The molecule has 9 nitrogen and oxygen atoms in total. The fourth-order valence-electron chi connectivity index (χ4n) is 2.76. The number of esters is 1. The lowest BCUT2D eigenvalue weighted by Gasteiger charge is -2.37. The van der Waals surface area contributed by atoms with Crippen molar-refractivity contribution in [1.82, 2.24) is 4.90 Å². The van der Waals surface area contributed by atoms with Gasteiger partial charge in [-0.3, -0.25) is 4.79 Å². The summed E-state index contributed by atoms with van der Waals surface area (Å²) in [6.07, 6.45) is -0.288. The van der Waals surface area contributed by atoms with Gasteiger partial charge >= 0.3 is 12.1 Å². The van der Waals surface area contributed by atoms with Crippen molar-refractivity contribution in [1.29, 1.82) is 0 Å². The number of carbonyl (C=O) groups excluding carboxylic acids is 2. The number of benzene rings is 1. The van der Waals surface area contributed by atoms with Gasteiger partial charge in [-0.05, 0) is 44.0 Å². The third kappa shape index (κ3) is 5.79. The van der Waals surface area contributed by atoms with Gasteiger partial charge in [-0.2, -0.15) is 0 Å². The zero-order valence-electron chi connectivity index (χ0n) is 16.1. The first-order valence-corrected chi connectivity index (χ1v) is 8.71. The summed E-state index contributed by atoms with van der Waals surface area (Å²) in [5.74, 6) is -0.406. The van der Waals surface area contributed by atoms with Crippen LogP contribution in [0.4, 0.5) is 16.2 Å². The lowest BCUT2D eigenvalue weighted by atomic mass is 10.1. The second-order valence-corrected chi connectivity index (χ2v) is 7.21. The maximum atomic E-state index is 12.2. The van der Waals surface area contributed by atoms with Crippen LogP contribution in [0, 0.1) is 0 Å². The van der Waals surface area contributed by atoms with Crippen LogP contribution >= 0.6 is 0 Å². The van der Waals surface area contributed by atoms with E-state index in [1.807, 2.05) is 32.9 Å². The minimum atomic E-state index is -0.520. The first-order chi connectivity index (χ1) is 12.7. The van der Waals surface area contributed by atoms with Crippen LogP contribution in [0.3, 0.4) is 0 Å². The van der Waals surface area contributed by atoms with Crippen molar-refractivity contribution in [3.63, 3.8) is 0 Å². The summed E-state index contributed by atoms with van der Waals surface area (Å²) in [7, 11) is 1.31. The highest BCUT2D eigenvalue weighted by atomic mass is 16.6. The number of methoxy groups -OCH3 is 1. The number of hydrogen-bond donors (Lipinski definition) is 0. The molecule has 0 N–H and O–H groups in total.